The number of carbonyl (C=O) groups excluding carboxylic acids is 5. The number of unbranched alkanes of at least 4 members (excludes halogenated alkanes) is 1. The summed E-state index contributed by atoms with van der Waals surface area (Å²) in [6.07, 6.45) is -21.1. The van der Waals surface area contributed by atoms with Crippen LogP contribution in [0.3, 0.4) is 0 Å². The summed E-state index contributed by atoms with van der Waals surface area (Å²) < 4.78 is 164. The molecule has 0 aromatic rings. The summed E-state index contributed by atoms with van der Waals surface area (Å²) in [7, 11) is -4.90. The summed E-state index contributed by atoms with van der Waals surface area (Å²) in [5.41, 5.74) is -7.41. The zero-order valence-electron chi connectivity index (χ0n) is 46.0. The minimum Gasteiger partial charge on any atom is -0.332 e. The summed E-state index contributed by atoms with van der Waals surface area (Å²) >= 11 is 0. The summed E-state index contributed by atoms with van der Waals surface area (Å²) in [5.74, 6) is -11.1. The van der Waals surface area contributed by atoms with Gasteiger partial charge in [-0.3, -0.25) is 24.0 Å². The molecule has 1 amide bonds. The van der Waals surface area contributed by atoms with Crippen molar-refractivity contribution < 1.29 is 54.3 Å². The second-order valence-corrected chi connectivity index (χ2v) is 19.3. The van der Waals surface area contributed by atoms with Crippen molar-refractivity contribution in [3.63, 3.8) is 0 Å². The Balaban J connectivity index is 1.90. The predicted molar refractivity (Wildman–Crippen MR) is 192 cm³/mol. The highest BCUT2D eigenvalue weighted by Crippen LogP contribution is 2.65. The Morgan fingerprint density at radius 3 is 2.16 bits per heavy atom. The number of likely N-dealkylation sites (tertiary alicyclic amines) is 1. The van der Waals surface area contributed by atoms with Crippen molar-refractivity contribution >= 4 is 38.9 Å². The van der Waals surface area contributed by atoms with Crippen LogP contribution in [0, 0.1) is 45.8 Å². The van der Waals surface area contributed by atoms with Crippen LogP contribution in [0.2, 0.25) is 0 Å². The molecule has 8 nitrogen and oxygen atoms in total. The monoisotopic (exact) mass is 720 g/mol. The van der Waals surface area contributed by atoms with Crippen molar-refractivity contribution in [2.75, 3.05) is 12.3 Å². The molecule has 0 unspecified atom stereocenters. The summed E-state index contributed by atoms with van der Waals surface area (Å²) in [4.78, 5) is 72.0. The van der Waals surface area contributed by atoms with Gasteiger partial charge in [0.15, 0.2) is 21.4 Å². The maximum absolute atomic E-state index is 15.2. The lowest BCUT2D eigenvalue weighted by Gasteiger charge is -2.40. The van der Waals surface area contributed by atoms with Crippen LogP contribution >= 0.6 is 0 Å². The number of fused-ring (bicyclic) bond motifs is 1. The van der Waals surface area contributed by atoms with Crippen molar-refractivity contribution in [1.82, 2.24) is 4.90 Å². The van der Waals surface area contributed by atoms with Gasteiger partial charge in [-0.15, -0.1) is 0 Å². The SMILES string of the molecule is [2H]C([2H])([2H])C(C)([C@H](CC(=O)CC1(CS(=O)(=O)C(C)(C)C)C([2H])([2H])C([2H])([2H])C([2H])([2H])C([2H])([2H])C1([2H])[2H])C(=O)N1C[C@H]2[C@@H]([C@H]1C(=O)C[C@@H](CCCC)C(=O)C(=O)CC1CC1)C2(C)C)C([2H])([2H])[2H]. The third kappa shape index (κ3) is 9.13. The lowest BCUT2D eigenvalue weighted by Crippen LogP contribution is -2.51. The van der Waals surface area contributed by atoms with Crippen molar-refractivity contribution in [1.29, 1.82) is 0 Å². The highest BCUT2D eigenvalue weighted by Gasteiger charge is 2.69. The maximum atomic E-state index is 15.2. The second kappa shape index (κ2) is 14.6. The quantitative estimate of drug-likeness (QED) is 0.144. The second-order valence-electron chi connectivity index (χ2n) is 16.6. The first-order chi connectivity index (χ1) is 28.8. The van der Waals surface area contributed by atoms with E-state index in [4.69, 9.17) is 21.9 Å². The Morgan fingerprint density at radius 1 is 0.980 bits per heavy atom. The van der Waals surface area contributed by atoms with Crippen LogP contribution in [-0.2, 0) is 33.8 Å². The van der Waals surface area contributed by atoms with E-state index in [0.29, 0.717) is 19.8 Å². The van der Waals surface area contributed by atoms with Crippen LogP contribution in [0.5, 0.6) is 0 Å². The van der Waals surface area contributed by atoms with Gasteiger partial charge in [0.2, 0.25) is 11.7 Å². The Morgan fingerprint density at radius 2 is 1.61 bits per heavy atom. The number of hydrogen-bond donors (Lipinski definition) is 0. The molecule has 1 saturated heterocycles. The number of rotatable bonds is 17. The normalized spacial score (nSPS) is 36.6. The van der Waals surface area contributed by atoms with Gasteiger partial charge >= 0.3 is 0 Å². The average molecular weight is 720 g/mol. The fourth-order valence-electron chi connectivity index (χ4n) is 7.43. The molecule has 4 fully saturated rings. The zero-order valence-corrected chi connectivity index (χ0v) is 30.8. The number of amides is 1. The van der Waals surface area contributed by atoms with Crippen LogP contribution in [0.15, 0.2) is 0 Å². The number of nitrogens with zero attached hydrogens (tertiary/aromatic N) is 1. The first kappa shape index (κ1) is 22.9. The molecule has 0 N–H and O–H groups in total. The lowest BCUT2D eigenvalue weighted by atomic mass is 9.70. The molecule has 3 saturated carbocycles. The standard InChI is InChI=1S/C40H65NO7S/c1-10-11-15-27(35(45)32(44)20-26-16-17-26)21-31(43)34-33-30(39(33,8)9)24-41(34)36(46)29(37(2,3)4)22-28(42)23-40(18-13-12-14-19-40)25-49(47,48)38(5,6)7/h26-27,29-30,33-34H,10-25H2,1-9H3/t27-,29-,30+,33+,34-/m1/s1/i2D3,3D3,12D2,13D2,14D2,18D2,19D2. The van der Waals surface area contributed by atoms with E-state index in [1.165, 1.54) is 0 Å². The van der Waals surface area contributed by atoms with E-state index in [1.807, 2.05) is 20.8 Å². The van der Waals surface area contributed by atoms with Gasteiger partial charge in [-0.1, -0.05) is 73.4 Å². The molecule has 1 heterocycles. The van der Waals surface area contributed by atoms with E-state index in [1.54, 1.807) is 0 Å². The predicted octanol–water partition coefficient (Wildman–Crippen LogP) is 7.35. The largest absolute Gasteiger partial charge is 0.332 e. The van der Waals surface area contributed by atoms with E-state index in [-0.39, 0.29) is 25.3 Å². The number of sulfone groups is 1. The van der Waals surface area contributed by atoms with Gasteiger partial charge in [-0.2, -0.15) is 0 Å². The molecule has 0 aromatic carbocycles. The van der Waals surface area contributed by atoms with Crippen molar-refractivity contribution in [3.05, 3.63) is 0 Å². The van der Waals surface area contributed by atoms with Crippen LogP contribution in [-0.4, -0.2) is 65.4 Å². The molecule has 0 spiro atoms. The molecule has 1 aliphatic heterocycles. The van der Waals surface area contributed by atoms with E-state index < -0.39 is 160 Å². The van der Waals surface area contributed by atoms with Gasteiger partial charge in [0.1, 0.15) is 5.78 Å². The van der Waals surface area contributed by atoms with E-state index >= 15 is 4.79 Å². The number of Topliss-reactive ketones (excluding diaryl/α,β-unsaturated/α-hetero) is 4. The highest BCUT2D eigenvalue weighted by atomic mass is 32.2. The van der Waals surface area contributed by atoms with Crippen LogP contribution in [0.25, 0.3) is 0 Å². The fourth-order valence-corrected chi connectivity index (χ4v) is 8.76. The van der Waals surface area contributed by atoms with E-state index in [2.05, 4.69) is 0 Å². The number of hydrogen-bond acceptors (Lipinski definition) is 7. The van der Waals surface area contributed by atoms with Crippen LogP contribution in [0.4, 0.5) is 0 Å². The molecular formula is C40H65NO7S. The minimum absolute atomic E-state index is 0.0364. The molecule has 4 aliphatic rings. The van der Waals surface area contributed by atoms with Gasteiger partial charge in [-0.25, -0.2) is 8.42 Å². The Bertz CT molecular complexity index is 1990. The van der Waals surface area contributed by atoms with E-state index in [9.17, 15) is 27.6 Å². The third-order valence-electron chi connectivity index (χ3n) is 11.0. The summed E-state index contributed by atoms with van der Waals surface area (Å²) in [6, 6.07) is -1.39. The first-order valence-electron chi connectivity index (χ1n) is 25.5. The minimum atomic E-state index is -4.90. The fraction of sp³-hybridized carbons (Fsp3) is 0.875. The average Bonchev–Trinajstić information content (AvgIpc) is 3.99. The first-order valence-corrected chi connectivity index (χ1v) is 19.1. The Kier molecular flexibility index (Phi) is 6.83. The molecule has 9 heteroatoms. The lowest BCUT2D eigenvalue weighted by molar-refractivity contribution is -0.148. The molecule has 0 radical (unpaired) electrons. The van der Waals surface area contributed by atoms with E-state index in [0.717, 1.165) is 38.5 Å². The Hall–Kier alpha value is -1.90. The van der Waals surface area contributed by atoms with Gasteiger partial charge < -0.3 is 4.90 Å². The van der Waals surface area contributed by atoms with Gasteiger partial charge in [0.05, 0.1) is 16.5 Å². The number of ketones is 4. The maximum Gasteiger partial charge on any atom is 0.227 e. The van der Waals surface area contributed by atoms with Gasteiger partial charge in [0.25, 0.3) is 0 Å². The van der Waals surface area contributed by atoms with Crippen molar-refractivity contribution in [3.8, 4) is 0 Å². The summed E-state index contributed by atoms with van der Waals surface area (Å²) in [6.45, 7) is 2.06. The summed E-state index contributed by atoms with van der Waals surface area (Å²) in [5, 5.41) is 0. The molecule has 0 aromatic heterocycles. The van der Waals surface area contributed by atoms with Gasteiger partial charge in [-0.05, 0) is 86.8 Å². The number of piperidine rings is 1. The molecule has 5 atom stereocenters. The van der Waals surface area contributed by atoms with Crippen molar-refractivity contribution in [2.24, 2.45) is 45.8 Å². The Labute approximate surface area is 319 Å². The number of carbonyl (C=O) groups is 5. The van der Waals surface area contributed by atoms with Gasteiger partial charge in [0, 0.05) is 66.0 Å². The molecule has 278 valence electrons. The third-order valence-corrected chi connectivity index (χ3v) is 13.8. The zero-order chi connectivity index (χ0) is 50.7. The van der Waals surface area contributed by atoms with Crippen LogP contribution in [0.1, 0.15) is 174 Å². The topological polar surface area (TPSA) is 123 Å². The molecule has 4 rings (SSSR count). The molecule has 3 aliphatic carbocycles. The van der Waals surface area contributed by atoms with Crippen molar-refractivity contribution in [2.45, 2.75) is 163 Å². The van der Waals surface area contributed by atoms with Crippen LogP contribution < -0.4 is 0 Å². The highest BCUT2D eigenvalue weighted by molar-refractivity contribution is 7.92. The molecular weight excluding hydrogens is 639 g/mol. The molecule has 0 bridgehead atoms. The smallest absolute Gasteiger partial charge is 0.227 e. The molecule has 49 heavy (non-hydrogen) atoms.